The lowest BCUT2D eigenvalue weighted by Crippen LogP contribution is -2.50. The smallest absolute Gasteiger partial charge is 0.287 e. The maximum atomic E-state index is 12.7. The molecule has 0 saturated carbocycles. The summed E-state index contributed by atoms with van der Waals surface area (Å²) in [6, 6.07) is 9.53. The molecule has 1 saturated heterocycles. The van der Waals surface area contributed by atoms with E-state index in [0.717, 1.165) is 24.3 Å². The van der Waals surface area contributed by atoms with Crippen LogP contribution in [0.25, 0.3) is 0 Å². The monoisotopic (exact) mass is 394 g/mol. The number of amides is 1. The summed E-state index contributed by atoms with van der Waals surface area (Å²) in [5.41, 5.74) is 0.704. The number of nitrogens with zero attached hydrogens (tertiary/aromatic N) is 4. The third-order valence-electron chi connectivity index (χ3n) is 4.56. The Bertz CT molecular complexity index is 833. The van der Waals surface area contributed by atoms with Crippen molar-refractivity contribution in [2.45, 2.75) is 19.5 Å². The highest BCUT2D eigenvalue weighted by atomic mass is 35.5. The van der Waals surface area contributed by atoms with Gasteiger partial charge in [0.05, 0.1) is 11.2 Å². The van der Waals surface area contributed by atoms with Crippen LogP contribution in [0.3, 0.4) is 0 Å². The van der Waals surface area contributed by atoms with E-state index < -0.39 is 11.6 Å². The molecule has 0 aliphatic carbocycles. The average Bonchev–Trinajstić information content (AvgIpc) is 2.67. The number of piperazine rings is 1. The number of carbonyl (C=O) groups is 1. The Balaban J connectivity index is 1.61. The largest absolute Gasteiger partial charge is 0.338 e. The summed E-state index contributed by atoms with van der Waals surface area (Å²) in [5, 5.41) is 3.92. The molecule has 6 nitrogen and oxygen atoms in total. The van der Waals surface area contributed by atoms with Gasteiger partial charge in [-0.25, -0.2) is 4.68 Å². The quantitative estimate of drug-likeness (QED) is 0.798. The zero-order chi connectivity index (χ0) is 18.7. The summed E-state index contributed by atoms with van der Waals surface area (Å²) in [6.07, 6.45) is 1.28. The molecule has 1 atom stereocenters. The Labute approximate surface area is 161 Å². The average molecular weight is 395 g/mol. The third kappa shape index (κ3) is 4.09. The van der Waals surface area contributed by atoms with E-state index in [2.05, 4.69) is 22.1 Å². The van der Waals surface area contributed by atoms with E-state index >= 15 is 0 Å². The highest BCUT2D eigenvalue weighted by Gasteiger charge is 2.27. The summed E-state index contributed by atoms with van der Waals surface area (Å²) in [4.78, 5) is 29.0. The van der Waals surface area contributed by atoms with Gasteiger partial charge in [0.25, 0.3) is 5.56 Å². The summed E-state index contributed by atoms with van der Waals surface area (Å²) in [5.74, 6) is -0.141. The van der Waals surface area contributed by atoms with Gasteiger partial charge in [-0.15, -0.1) is 0 Å². The molecule has 1 aromatic heterocycles. The molecule has 3 rings (SSSR count). The second-order valence-corrected chi connectivity index (χ2v) is 7.10. The van der Waals surface area contributed by atoms with E-state index in [1.165, 1.54) is 11.8 Å². The van der Waals surface area contributed by atoms with E-state index in [1.54, 1.807) is 11.8 Å². The molecule has 1 amide bonds. The number of aromatic nitrogens is 2. The summed E-state index contributed by atoms with van der Waals surface area (Å²) < 4.78 is 1.09. The van der Waals surface area contributed by atoms with Crippen LogP contribution in [0.4, 0.5) is 0 Å². The molecule has 138 valence electrons. The minimum atomic E-state index is -0.724. The molecule has 0 N–H and O–H groups in total. The van der Waals surface area contributed by atoms with E-state index in [4.69, 9.17) is 23.2 Å². The molecule has 1 aromatic carbocycles. The van der Waals surface area contributed by atoms with Crippen LogP contribution < -0.4 is 5.56 Å². The van der Waals surface area contributed by atoms with E-state index in [9.17, 15) is 9.59 Å². The highest BCUT2D eigenvalue weighted by Crippen LogP contribution is 2.17. The van der Waals surface area contributed by atoms with E-state index in [-0.39, 0.29) is 16.0 Å². The minimum absolute atomic E-state index is 0.0853. The first-order valence-electron chi connectivity index (χ1n) is 8.45. The maximum absolute atomic E-state index is 12.7. The Morgan fingerprint density at radius 3 is 2.46 bits per heavy atom. The number of carbonyl (C=O) groups excluding carboxylic acids is 1. The fraction of sp³-hybridized carbons (Fsp3) is 0.389. The molecule has 0 spiro atoms. The summed E-state index contributed by atoms with van der Waals surface area (Å²) >= 11 is 11.7. The van der Waals surface area contributed by atoms with Gasteiger partial charge in [0.2, 0.25) is 5.91 Å². The van der Waals surface area contributed by atoms with Crippen LogP contribution in [0.2, 0.25) is 10.0 Å². The Hall–Kier alpha value is -1.89. The normalized spacial score (nSPS) is 16.5. The van der Waals surface area contributed by atoms with Crippen LogP contribution in [0.1, 0.15) is 18.5 Å². The van der Waals surface area contributed by atoms with Gasteiger partial charge in [-0.2, -0.15) is 5.10 Å². The Kier molecular flexibility index (Phi) is 5.96. The molecule has 1 aliphatic heterocycles. The van der Waals surface area contributed by atoms with Gasteiger partial charge in [-0.3, -0.25) is 14.5 Å². The molecule has 2 heterocycles. The van der Waals surface area contributed by atoms with E-state index in [1.807, 2.05) is 18.2 Å². The lowest BCUT2D eigenvalue weighted by molar-refractivity contribution is -0.136. The topological polar surface area (TPSA) is 58.4 Å². The van der Waals surface area contributed by atoms with Crippen molar-refractivity contribution < 1.29 is 4.79 Å². The Morgan fingerprint density at radius 1 is 1.15 bits per heavy atom. The summed E-state index contributed by atoms with van der Waals surface area (Å²) in [6.45, 7) is 5.33. The lowest BCUT2D eigenvalue weighted by Gasteiger charge is -2.36. The molecule has 1 unspecified atom stereocenters. The molecule has 0 radical (unpaired) electrons. The second kappa shape index (κ2) is 8.20. The van der Waals surface area contributed by atoms with Crippen molar-refractivity contribution in [2.24, 2.45) is 0 Å². The van der Waals surface area contributed by atoms with Crippen molar-refractivity contribution in [1.29, 1.82) is 0 Å². The van der Waals surface area contributed by atoms with Gasteiger partial charge in [0.15, 0.2) is 0 Å². The molecule has 1 fully saturated rings. The molecule has 26 heavy (non-hydrogen) atoms. The molecule has 8 heteroatoms. The number of rotatable bonds is 4. The van der Waals surface area contributed by atoms with Crippen LogP contribution in [0, 0.1) is 0 Å². The third-order valence-corrected chi connectivity index (χ3v) is 5.31. The first kappa shape index (κ1) is 18.9. The van der Waals surface area contributed by atoms with Crippen LogP contribution in [-0.4, -0.2) is 51.7 Å². The van der Waals surface area contributed by atoms with Crippen molar-refractivity contribution in [3.8, 4) is 0 Å². The number of halogens is 2. The Morgan fingerprint density at radius 2 is 1.81 bits per heavy atom. The van der Waals surface area contributed by atoms with Gasteiger partial charge < -0.3 is 4.90 Å². The fourth-order valence-corrected chi connectivity index (χ4v) is 3.30. The van der Waals surface area contributed by atoms with Crippen molar-refractivity contribution in [3.05, 3.63) is 62.5 Å². The van der Waals surface area contributed by atoms with Crippen molar-refractivity contribution in [1.82, 2.24) is 19.6 Å². The van der Waals surface area contributed by atoms with Gasteiger partial charge >= 0.3 is 0 Å². The lowest BCUT2D eigenvalue weighted by atomic mass is 10.2. The zero-order valence-electron chi connectivity index (χ0n) is 14.4. The number of hydrogen-bond acceptors (Lipinski definition) is 4. The van der Waals surface area contributed by atoms with Crippen molar-refractivity contribution in [2.75, 3.05) is 26.2 Å². The molecule has 1 aliphatic rings. The zero-order valence-corrected chi connectivity index (χ0v) is 16.0. The standard InChI is InChI=1S/C18H20Cl2N4O2/c1-13(24-18(26)16(20)15(19)11-21-24)17(25)23-9-7-22(8-10-23)12-14-5-3-2-4-6-14/h2-6,11,13H,7-10,12H2,1H3. The molecule has 2 aromatic rings. The molecular formula is C18H20Cl2N4O2. The maximum Gasteiger partial charge on any atom is 0.287 e. The van der Waals surface area contributed by atoms with Gasteiger partial charge in [-0.1, -0.05) is 53.5 Å². The van der Waals surface area contributed by atoms with Gasteiger partial charge in [0.1, 0.15) is 11.1 Å². The SMILES string of the molecule is CC(C(=O)N1CCN(Cc2ccccc2)CC1)n1ncc(Cl)c(Cl)c1=O. The second-order valence-electron chi connectivity index (χ2n) is 6.32. The highest BCUT2D eigenvalue weighted by molar-refractivity contribution is 6.41. The minimum Gasteiger partial charge on any atom is -0.338 e. The number of benzene rings is 1. The predicted octanol–water partition coefficient (Wildman–Crippen LogP) is 2.46. The van der Waals surface area contributed by atoms with Crippen LogP contribution in [0.15, 0.2) is 41.3 Å². The first-order chi connectivity index (χ1) is 12.5. The van der Waals surface area contributed by atoms with Crippen LogP contribution >= 0.6 is 23.2 Å². The van der Waals surface area contributed by atoms with Gasteiger partial charge in [0, 0.05) is 32.7 Å². The van der Waals surface area contributed by atoms with Crippen LogP contribution in [0.5, 0.6) is 0 Å². The predicted molar refractivity (Wildman–Crippen MR) is 102 cm³/mol. The van der Waals surface area contributed by atoms with Crippen molar-refractivity contribution in [3.63, 3.8) is 0 Å². The van der Waals surface area contributed by atoms with Gasteiger partial charge in [-0.05, 0) is 12.5 Å². The molecule has 0 bridgehead atoms. The van der Waals surface area contributed by atoms with Crippen molar-refractivity contribution >= 4 is 29.1 Å². The summed E-state index contributed by atoms with van der Waals surface area (Å²) in [7, 11) is 0. The fourth-order valence-electron chi connectivity index (χ4n) is 3.04. The van der Waals surface area contributed by atoms with E-state index in [0.29, 0.717) is 13.1 Å². The van der Waals surface area contributed by atoms with Crippen LogP contribution in [-0.2, 0) is 11.3 Å². The molecular weight excluding hydrogens is 375 g/mol. The first-order valence-corrected chi connectivity index (χ1v) is 9.21. The number of hydrogen-bond donors (Lipinski definition) is 0.